The van der Waals surface area contributed by atoms with E-state index in [0.29, 0.717) is 5.46 Å². The summed E-state index contributed by atoms with van der Waals surface area (Å²) in [5.74, 6) is 0. The summed E-state index contributed by atoms with van der Waals surface area (Å²) in [5, 5.41) is 19.2. The molecule has 0 fully saturated rings. The second-order valence-corrected chi connectivity index (χ2v) is 6.09. The Bertz CT molecular complexity index is 847. The van der Waals surface area contributed by atoms with Crippen LogP contribution in [0.25, 0.3) is 6.08 Å². The fourth-order valence-corrected chi connectivity index (χ4v) is 3.60. The molecule has 3 heteroatoms. The van der Waals surface area contributed by atoms with Crippen molar-refractivity contribution in [2.45, 2.75) is 5.41 Å². The van der Waals surface area contributed by atoms with Crippen molar-refractivity contribution >= 4 is 18.7 Å². The largest absolute Gasteiger partial charge is 0.488 e. The van der Waals surface area contributed by atoms with E-state index >= 15 is 0 Å². The Kier molecular flexibility index (Phi) is 3.60. The lowest BCUT2D eigenvalue weighted by atomic mass is 9.69. The fourth-order valence-electron chi connectivity index (χ4n) is 3.60. The van der Waals surface area contributed by atoms with Crippen LogP contribution in [0.1, 0.15) is 22.3 Å². The van der Waals surface area contributed by atoms with Crippen LogP contribution in [0, 0.1) is 0 Å². The molecule has 0 unspecified atom stereocenters. The Morgan fingerprint density at radius 2 is 1.29 bits per heavy atom. The third-order valence-electron chi connectivity index (χ3n) is 4.77. The molecule has 116 valence electrons. The van der Waals surface area contributed by atoms with Crippen molar-refractivity contribution in [2.24, 2.45) is 0 Å². The Hall–Kier alpha value is -2.62. The van der Waals surface area contributed by atoms with Crippen LogP contribution in [0.4, 0.5) is 0 Å². The van der Waals surface area contributed by atoms with Crippen LogP contribution in [0.5, 0.6) is 0 Å². The van der Waals surface area contributed by atoms with Gasteiger partial charge < -0.3 is 10.0 Å². The van der Waals surface area contributed by atoms with E-state index in [2.05, 4.69) is 36.4 Å². The summed E-state index contributed by atoms with van der Waals surface area (Å²) >= 11 is 0. The van der Waals surface area contributed by atoms with Gasteiger partial charge in [-0.3, -0.25) is 0 Å². The van der Waals surface area contributed by atoms with Crippen LogP contribution in [-0.4, -0.2) is 17.2 Å². The van der Waals surface area contributed by atoms with Crippen LogP contribution in [0.3, 0.4) is 0 Å². The molecule has 1 aliphatic rings. The van der Waals surface area contributed by atoms with Crippen LogP contribution < -0.4 is 5.46 Å². The molecule has 0 aliphatic heterocycles. The lowest BCUT2D eigenvalue weighted by Gasteiger charge is -2.31. The molecule has 24 heavy (non-hydrogen) atoms. The number of rotatable bonds is 3. The zero-order chi connectivity index (χ0) is 16.6. The summed E-state index contributed by atoms with van der Waals surface area (Å²) in [4.78, 5) is 0. The third-order valence-corrected chi connectivity index (χ3v) is 4.77. The fraction of sp³-hybridized carbons (Fsp3) is 0.0476. The van der Waals surface area contributed by atoms with Gasteiger partial charge in [0, 0.05) is 0 Å². The molecule has 1 aliphatic carbocycles. The summed E-state index contributed by atoms with van der Waals surface area (Å²) in [6.45, 7) is 0. The predicted octanol–water partition coefficient (Wildman–Crippen LogP) is 2.73. The molecule has 2 nitrogen and oxygen atoms in total. The van der Waals surface area contributed by atoms with Gasteiger partial charge in [-0.05, 0) is 27.7 Å². The van der Waals surface area contributed by atoms with Gasteiger partial charge in [0.2, 0.25) is 0 Å². The van der Waals surface area contributed by atoms with Crippen molar-refractivity contribution in [3.63, 3.8) is 0 Å². The van der Waals surface area contributed by atoms with Gasteiger partial charge in [0.25, 0.3) is 0 Å². The minimum Gasteiger partial charge on any atom is -0.423 e. The van der Waals surface area contributed by atoms with E-state index in [0.717, 1.165) is 22.3 Å². The maximum absolute atomic E-state index is 9.60. The van der Waals surface area contributed by atoms with Crippen molar-refractivity contribution in [1.29, 1.82) is 0 Å². The summed E-state index contributed by atoms with van der Waals surface area (Å²) < 4.78 is 0. The van der Waals surface area contributed by atoms with Crippen molar-refractivity contribution < 1.29 is 10.0 Å². The Morgan fingerprint density at radius 3 is 1.83 bits per heavy atom. The summed E-state index contributed by atoms with van der Waals surface area (Å²) in [6, 6.07) is 26.3. The molecule has 0 radical (unpaired) electrons. The molecule has 4 rings (SSSR count). The highest BCUT2D eigenvalue weighted by atomic mass is 16.4. The molecule has 0 saturated heterocycles. The molecular formula is C21H17BO2. The first-order valence-electron chi connectivity index (χ1n) is 8.03. The topological polar surface area (TPSA) is 40.5 Å². The smallest absolute Gasteiger partial charge is 0.423 e. The van der Waals surface area contributed by atoms with E-state index in [-0.39, 0.29) is 0 Å². The molecule has 0 amide bonds. The first-order valence-corrected chi connectivity index (χ1v) is 8.03. The van der Waals surface area contributed by atoms with Crippen LogP contribution >= 0.6 is 0 Å². The van der Waals surface area contributed by atoms with E-state index in [1.165, 1.54) is 0 Å². The minimum absolute atomic E-state index is 0.414. The summed E-state index contributed by atoms with van der Waals surface area (Å²) in [6.07, 6.45) is 4.32. The monoisotopic (exact) mass is 312 g/mol. The quantitative estimate of drug-likeness (QED) is 0.730. The maximum Gasteiger partial charge on any atom is 0.488 e. The second-order valence-electron chi connectivity index (χ2n) is 6.09. The molecule has 2 N–H and O–H groups in total. The lowest BCUT2D eigenvalue weighted by Crippen LogP contribution is -2.33. The number of hydrogen-bond donors (Lipinski definition) is 2. The second kappa shape index (κ2) is 5.79. The van der Waals surface area contributed by atoms with Crippen molar-refractivity contribution in [2.75, 3.05) is 0 Å². The van der Waals surface area contributed by atoms with E-state index in [9.17, 15) is 10.0 Å². The van der Waals surface area contributed by atoms with Gasteiger partial charge in [0.15, 0.2) is 0 Å². The third kappa shape index (κ3) is 2.22. The van der Waals surface area contributed by atoms with Crippen LogP contribution in [0.15, 0.2) is 84.9 Å². The van der Waals surface area contributed by atoms with Gasteiger partial charge >= 0.3 is 7.12 Å². The molecule has 3 aromatic rings. The van der Waals surface area contributed by atoms with Crippen molar-refractivity contribution in [1.82, 2.24) is 0 Å². The number of benzene rings is 3. The first-order chi connectivity index (χ1) is 11.7. The van der Waals surface area contributed by atoms with Gasteiger partial charge in [-0.25, -0.2) is 0 Å². The summed E-state index contributed by atoms with van der Waals surface area (Å²) in [7, 11) is -1.47. The van der Waals surface area contributed by atoms with E-state index in [1.54, 1.807) is 6.07 Å². The van der Waals surface area contributed by atoms with Gasteiger partial charge in [-0.15, -0.1) is 0 Å². The van der Waals surface area contributed by atoms with E-state index in [1.807, 2.05) is 48.5 Å². The van der Waals surface area contributed by atoms with E-state index < -0.39 is 12.5 Å². The SMILES string of the molecule is OB(O)c1ccc2c(c1)C(c1ccccc1)(c1ccccc1)C=C2. The van der Waals surface area contributed by atoms with Crippen molar-refractivity contribution in [3.8, 4) is 0 Å². The maximum atomic E-state index is 9.60. The average Bonchev–Trinajstić information content (AvgIpc) is 3.03. The molecule has 0 saturated carbocycles. The zero-order valence-electron chi connectivity index (χ0n) is 13.1. The van der Waals surface area contributed by atoms with Crippen molar-refractivity contribution in [3.05, 3.63) is 107 Å². The van der Waals surface area contributed by atoms with Gasteiger partial charge in [0.1, 0.15) is 0 Å². The molecule has 0 bridgehead atoms. The Balaban J connectivity index is 2.02. The summed E-state index contributed by atoms with van der Waals surface area (Å²) in [5.41, 5.74) is 4.60. The highest BCUT2D eigenvalue weighted by Crippen LogP contribution is 2.46. The molecule has 0 atom stereocenters. The Labute approximate surface area is 141 Å². The first kappa shape index (κ1) is 14.9. The van der Waals surface area contributed by atoms with E-state index in [4.69, 9.17) is 0 Å². The van der Waals surface area contributed by atoms with Gasteiger partial charge in [-0.1, -0.05) is 91.0 Å². The molecule has 0 aromatic heterocycles. The minimum atomic E-state index is -1.47. The average molecular weight is 312 g/mol. The normalized spacial score (nSPS) is 14.4. The highest BCUT2D eigenvalue weighted by Gasteiger charge is 2.38. The van der Waals surface area contributed by atoms with Gasteiger partial charge in [0.05, 0.1) is 5.41 Å². The number of fused-ring (bicyclic) bond motifs is 1. The standard InChI is InChI=1S/C21H17BO2/c23-22(24)19-12-11-16-13-14-21(20(16)15-19,17-7-3-1-4-8-17)18-9-5-2-6-10-18/h1-15,23-24H. The lowest BCUT2D eigenvalue weighted by molar-refractivity contribution is 0.425. The molecule has 3 aromatic carbocycles. The highest BCUT2D eigenvalue weighted by molar-refractivity contribution is 6.58. The Morgan fingerprint density at radius 1 is 0.708 bits per heavy atom. The molecular weight excluding hydrogens is 295 g/mol. The predicted molar refractivity (Wildman–Crippen MR) is 98.1 cm³/mol. The zero-order valence-corrected chi connectivity index (χ0v) is 13.1. The molecule has 0 spiro atoms. The van der Waals surface area contributed by atoms with Crippen LogP contribution in [-0.2, 0) is 5.41 Å². The number of allylic oxidation sites excluding steroid dienone is 1. The van der Waals surface area contributed by atoms with Crippen LogP contribution in [0.2, 0.25) is 0 Å². The molecule has 0 heterocycles. The number of hydrogen-bond acceptors (Lipinski definition) is 2. The van der Waals surface area contributed by atoms with Gasteiger partial charge in [-0.2, -0.15) is 0 Å².